The first-order valence-electron chi connectivity index (χ1n) is 4.27. The van der Waals surface area contributed by atoms with E-state index in [2.05, 4.69) is 11.3 Å². The van der Waals surface area contributed by atoms with Crippen molar-refractivity contribution in [3.63, 3.8) is 0 Å². The van der Waals surface area contributed by atoms with Crippen LogP contribution in [0.4, 0.5) is 0 Å². The molecule has 0 amide bonds. The van der Waals surface area contributed by atoms with Crippen molar-refractivity contribution in [3.05, 3.63) is 12.0 Å². The van der Waals surface area contributed by atoms with E-state index in [1.54, 1.807) is 0 Å². The van der Waals surface area contributed by atoms with Crippen LogP contribution in [0, 0.1) is 5.92 Å². The van der Waals surface area contributed by atoms with Crippen LogP contribution >= 0.6 is 0 Å². The van der Waals surface area contributed by atoms with E-state index < -0.39 is 10.0 Å². The summed E-state index contributed by atoms with van der Waals surface area (Å²) in [6, 6.07) is -0.0782. The Morgan fingerprint density at radius 1 is 1.69 bits per heavy atom. The van der Waals surface area contributed by atoms with Crippen LogP contribution in [-0.4, -0.2) is 27.7 Å². The standard InChI is InChI=1S/C8H15NO3S/c1-3-13(10,11)9-7(2)8-4-5-12-6-8/h3,7-9H,1,4-6H2,2H3. The van der Waals surface area contributed by atoms with Gasteiger partial charge in [0.2, 0.25) is 10.0 Å². The Balaban J connectivity index is 2.49. The first-order chi connectivity index (χ1) is 6.05. The molecule has 0 bridgehead atoms. The number of sulfonamides is 1. The zero-order valence-electron chi connectivity index (χ0n) is 7.69. The van der Waals surface area contributed by atoms with E-state index in [0.717, 1.165) is 18.4 Å². The average Bonchev–Trinajstić information content (AvgIpc) is 2.55. The summed E-state index contributed by atoms with van der Waals surface area (Å²) in [5, 5.41) is 0.930. The number of hydrogen-bond donors (Lipinski definition) is 1. The molecule has 1 saturated heterocycles. The third kappa shape index (κ3) is 3.10. The van der Waals surface area contributed by atoms with Gasteiger partial charge in [-0.25, -0.2) is 13.1 Å². The summed E-state index contributed by atoms with van der Waals surface area (Å²) in [6.45, 7) is 6.44. The predicted molar refractivity (Wildman–Crippen MR) is 50.6 cm³/mol. The van der Waals surface area contributed by atoms with E-state index in [4.69, 9.17) is 4.74 Å². The minimum Gasteiger partial charge on any atom is -0.381 e. The van der Waals surface area contributed by atoms with E-state index in [1.807, 2.05) is 6.92 Å². The molecular formula is C8H15NO3S. The molecule has 2 unspecified atom stereocenters. The highest BCUT2D eigenvalue weighted by molar-refractivity contribution is 7.92. The molecule has 5 heteroatoms. The van der Waals surface area contributed by atoms with Crippen LogP contribution in [0.2, 0.25) is 0 Å². The lowest BCUT2D eigenvalue weighted by atomic mass is 10.0. The van der Waals surface area contributed by atoms with Crippen molar-refractivity contribution in [2.75, 3.05) is 13.2 Å². The second-order valence-corrected chi connectivity index (χ2v) is 4.90. The van der Waals surface area contributed by atoms with Gasteiger partial charge in [0, 0.05) is 24.0 Å². The van der Waals surface area contributed by atoms with Crippen molar-refractivity contribution in [2.24, 2.45) is 5.92 Å². The quantitative estimate of drug-likeness (QED) is 0.726. The summed E-state index contributed by atoms with van der Waals surface area (Å²) >= 11 is 0. The van der Waals surface area contributed by atoms with Gasteiger partial charge in [0.25, 0.3) is 0 Å². The Morgan fingerprint density at radius 2 is 2.38 bits per heavy atom. The van der Waals surface area contributed by atoms with Crippen LogP contribution in [0.3, 0.4) is 0 Å². The summed E-state index contributed by atoms with van der Waals surface area (Å²) in [5.41, 5.74) is 0. The highest BCUT2D eigenvalue weighted by Crippen LogP contribution is 2.16. The second kappa shape index (κ2) is 4.21. The molecule has 0 aromatic carbocycles. The Kier molecular flexibility index (Phi) is 3.47. The van der Waals surface area contributed by atoms with Crippen LogP contribution in [0.5, 0.6) is 0 Å². The SMILES string of the molecule is C=CS(=O)(=O)NC(C)C1CCOC1. The van der Waals surface area contributed by atoms with Crippen molar-refractivity contribution in [1.82, 2.24) is 4.72 Å². The fourth-order valence-electron chi connectivity index (χ4n) is 1.35. The van der Waals surface area contributed by atoms with Crippen molar-refractivity contribution in [3.8, 4) is 0 Å². The topological polar surface area (TPSA) is 55.4 Å². The highest BCUT2D eigenvalue weighted by atomic mass is 32.2. The van der Waals surface area contributed by atoms with E-state index in [0.29, 0.717) is 6.61 Å². The van der Waals surface area contributed by atoms with Crippen LogP contribution in [-0.2, 0) is 14.8 Å². The maximum absolute atomic E-state index is 11.1. The lowest BCUT2D eigenvalue weighted by Gasteiger charge is -2.17. The van der Waals surface area contributed by atoms with Crippen LogP contribution < -0.4 is 4.72 Å². The maximum atomic E-state index is 11.1. The molecule has 1 aliphatic heterocycles. The summed E-state index contributed by atoms with van der Waals surface area (Å²) in [7, 11) is -3.30. The molecule has 0 aliphatic carbocycles. The van der Waals surface area contributed by atoms with Crippen molar-refractivity contribution < 1.29 is 13.2 Å². The average molecular weight is 205 g/mol. The molecule has 76 valence electrons. The Bertz CT molecular complexity index is 267. The van der Waals surface area contributed by atoms with E-state index in [1.165, 1.54) is 0 Å². The minimum absolute atomic E-state index is 0.0782. The molecule has 0 spiro atoms. The highest BCUT2D eigenvalue weighted by Gasteiger charge is 2.24. The van der Waals surface area contributed by atoms with Gasteiger partial charge in [-0.3, -0.25) is 0 Å². The van der Waals surface area contributed by atoms with Crippen molar-refractivity contribution in [2.45, 2.75) is 19.4 Å². The van der Waals surface area contributed by atoms with E-state index in [-0.39, 0.29) is 12.0 Å². The molecule has 13 heavy (non-hydrogen) atoms. The molecule has 4 nitrogen and oxygen atoms in total. The number of rotatable bonds is 4. The largest absolute Gasteiger partial charge is 0.381 e. The monoisotopic (exact) mass is 205 g/mol. The van der Waals surface area contributed by atoms with Crippen molar-refractivity contribution >= 4 is 10.0 Å². The molecule has 2 atom stereocenters. The lowest BCUT2D eigenvalue weighted by molar-refractivity contribution is 0.181. The number of nitrogens with one attached hydrogen (secondary N) is 1. The normalized spacial score (nSPS) is 25.8. The Labute approximate surface area is 79.0 Å². The van der Waals surface area contributed by atoms with Gasteiger partial charge in [0.15, 0.2) is 0 Å². The van der Waals surface area contributed by atoms with Gasteiger partial charge in [-0.2, -0.15) is 0 Å². The number of hydrogen-bond acceptors (Lipinski definition) is 3. The van der Waals surface area contributed by atoms with Crippen LogP contribution in [0.1, 0.15) is 13.3 Å². The molecule has 1 heterocycles. The van der Waals surface area contributed by atoms with Gasteiger partial charge in [0.1, 0.15) is 0 Å². The Hall–Kier alpha value is -0.390. The molecular weight excluding hydrogens is 190 g/mol. The van der Waals surface area contributed by atoms with Crippen LogP contribution in [0.15, 0.2) is 12.0 Å². The summed E-state index contributed by atoms with van der Waals surface area (Å²) in [5.74, 6) is 0.287. The van der Waals surface area contributed by atoms with Gasteiger partial charge in [-0.1, -0.05) is 6.58 Å². The molecule has 0 saturated carbocycles. The van der Waals surface area contributed by atoms with Gasteiger partial charge >= 0.3 is 0 Å². The number of ether oxygens (including phenoxy) is 1. The predicted octanol–water partition coefficient (Wildman–Crippen LogP) is 0.474. The van der Waals surface area contributed by atoms with Crippen molar-refractivity contribution in [1.29, 1.82) is 0 Å². The fourth-order valence-corrected chi connectivity index (χ4v) is 2.16. The zero-order chi connectivity index (χ0) is 9.90. The summed E-state index contributed by atoms with van der Waals surface area (Å²) < 4.78 is 29.9. The molecule has 0 radical (unpaired) electrons. The molecule has 1 N–H and O–H groups in total. The van der Waals surface area contributed by atoms with Crippen LogP contribution in [0.25, 0.3) is 0 Å². The molecule has 0 aromatic rings. The van der Waals surface area contributed by atoms with E-state index >= 15 is 0 Å². The third-order valence-electron chi connectivity index (χ3n) is 2.24. The van der Waals surface area contributed by atoms with Gasteiger partial charge in [-0.05, 0) is 13.3 Å². The molecule has 1 fully saturated rings. The first-order valence-corrected chi connectivity index (χ1v) is 5.82. The second-order valence-electron chi connectivity index (χ2n) is 3.24. The summed E-state index contributed by atoms with van der Waals surface area (Å²) in [4.78, 5) is 0. The Morgan fingerprint density at radius 3 is 2.85 bits per heavy atom. The summed E-state index contributed by atoms with van der Waals surface area (Å²) in [6.07, 6.45) is 0.917. The maximum Gasteiger partial charge on any atom is 0.233 e. The van der Waals surface area contributed by atoms with Gasteiger partial charge in [-0.15, -0.1) is 0 Å². The zero-order valence-corrected chi connectivity index (χ0v) is 8.51. The fraction of sp³-hybridized carbons (Fsp3) is 0.750. The smallest absolute Gasteiger partial charge is 0.233 e. The lowest BCUT2D eigenvalue weighted by Crippen LogP contribution is -2.37. The van der Waals surface area contributed by atoms with Gasteiger partial charge in [0.05, 0.1) is 6.61 Å². The third-order valence-corrected chi connectivity index (χ3v) is 3.38. The van der Waals surface area contributed by atoms with E-state index in [9.17, 15) is 8.42 Å². The molecule has 0 aromatic heterocycles. The molecule has 1 rings (SSSR count). The van der Waals surface area contributed by atoms with Gasteiger partial charge < -0.3 is 4.74 Å². The minimum atomic E-state index is -3.30. The molecule has 1 aliphatic rings. The first kappa shape index (κ1) is 10.7.